The Bertz CT molecular complexity index is 410. The molecular weight excluding hydrogens is 296 g/mol. The van der Waals surface area contributed by atoms with Gasteiger partial charge in [-0.15, -0.1) is 0 Å². The van der Waals surface area contributed by atoms with E-state index in [-0.39, 0.29) is 6.10 Å². The number of carbonyl (C=O) groups is 1. The highest BCUT2D eigenvalue weighted by atomic mass is 16.7. The van der Waals surface area contributed by atoms with Crippen molar-refractivity contribution >= 4 is 5.97 Å². The summed E-state index contributed by atoms with van der Waals surface area (Å²) in [6.07, 6.45) is -3.21. The zero-order valence-electron chi connectivity index (χ0n) is 12.2. The van der Waals surface area contributed by atoms with Crippen LogP contribution in [-0.2, 0) is 19.0 Å². The van der Waals surface area contributed by atoms with E-state index < -0.39 is 49.4 Å². The highest BCUT2D eigenvalue weighted by Gasteiger charge is 2.44. The first kappa shape index (κ1) is 17.3. The molecule has 0 bridgehead atoms. The number of hydrogen-bond acceptors (Lipinski definition) is 8. The van der Waals surface area contributed by atoms with Crippen LogP contribution in [0.2, 0.25) is 0 Å². The van der Waals surface area contributed by atoms with E-state index in [1.807, 2.05) is 0 Å². The highest BCUT2D eigenvalue weighted by Crippen LogP contribution is 2.24. The van der Waals surface area contributed by atoms with Crippen LogP contribution in [0.3, 0.4) is 0 Å². The van der Waals surface area contributed by atoms with Crippen molar-refractivity contribution in [3.8, 4) is 0 Å². The summed E-state index contributed by atoms with van der Waals surface area (Å²) in [4.78, 5) is 11.2. The molecule has 0 amide bonds. The Morgan fingerprint density at radius 2 is 2.05 bits per heavy atom. The molecule has 2 aliphatic heterocycles. The molecule has 0 aromatic carbocycles. The van der Waals surface area contributed by atoms with Crippen molar-refractivity contribution in [2.75, 3.05) is 6.61 Å². The Balaban J connectivity index is 1.88. The fraction of sp³-hybridized carbons (Fsp3) is 0.786. The second kappa shape index (κ2) is 7.49. The average molecular weight is 318 g/mol. The summed E-state index contributed by atoms with van der Waals surface area (Å²) in [6.45, 7) is 1.21. The Morgan fingerprint density at radius 3 is 2.68 bits per heavy atom. The molecule has 1 fully saturated rings. The minimum absolute atomic E-state index is 0.322. The molecule has 22 heavy (non-hydrogen) atoms. The van der Waals surface area contributed by atoms with E-state index >= 15 is 0 Å². The van der Waals surface area contributed by atoms with Crippen LogP contribution in [0.1, 0.15) is 19.8 Å². The van der Waals surface area contributed by atoms with E-state index in [2.05, 4.69) is 0 Å². The van der Waals surface area contributed by atoms with Crippen LogP contribution in [0.5, 0.6) is 0 Å². The van der Waals surface area contributed by atoms with Crippen molar-refractivity contribution in [2.24, 2.45) is 0 Å². The van der Waals surface area contributed by atoms with E-state index in [9.17, 15) is 20.1 Å². The largest absolute Gasteiger partial charge is 0.459 e. The average Bonchev–Trinajstić information content (AvgIpc) is 2.48. The van der Waals surface area contributed by atoms with Crippen LogP contribution in [0.15, 0.2) is 12.2 Å². The van der Waals surface area contributed by atoms with Gasteiger partial charge in [-0.2, -0.15) is 0 Å². The van der Waals surface area contributed by atoms with Gasteiger partial charge in [0.2, 0.25) is 0 Å². The van der Waals surface area contributed by atoms with Crippen LogP contribution in [0, 0.1) is 0 Å². The van der Waals surface area contributed by atoms with Gasteiger partial charge < -0.3 is 34.6 Å². The van der Waals surface area contributed by atoms with E-state index in [4.69, 9.17) is 19.3 Å². The molecule has 4 N–H and O–H groups in total. The number of ether oxygens (including phenoxy) is 3. The predicted molar refractivity (Wildman–Crippen MR) is 72.6 cm³/mol. The molecule has 8 heteroatoms. The molecule has 2 heterocycles. The Morgan fingerprint density at radius 1 is 1.32 bits per heavy atom. The second-order valence-electron chi connectivity index (χ2n) is 5.58. The van der Waals surface area contributed by atoms with E-state index in [0.29, 0.717) is 12.8 Å². The molecule has 0 radical (unpaired) electrons. The zero-order chi connectivity index (χ0) is 16.3. The van der Waals surface area contributed by atoms with Crippen molar-refractivity contribution in [3.63, 3.8) is 0 Å². The minimum atomic E-state index is -1.47. The molecule has 0 unspecified atom stereocenters. The van der Waals surface area contributed by atoms with E-state index in [1.54, 1.807) is 13.0 Å². The normalized spacial score (nSPS) is 40.3. The first-order chi connectivity index (χ1) is 10.4. The fourth-order valence-corrected chi connectivity index (χ4v) is 2.55. The maximum atomic E-state index is 11.2. The maximum Gasteiger partial charge on any atom is 0.330 e. The van der Waals surface area contributed by atoms with Crippen LogP contribution in [-0.4, -0.2) is 75.9 Å². The van der Waals surface area contributed by atoms with E-state index in [0.717, 1.165) is 0 Å². The summed E-state index contributed by atoms with van der Waals surface area (Å²) in [7, 11) is 0. The molecule has 2 aliphatic rings. The van der Waals surface area contributed by atoms with Gasteiger partial charge in [0.05, 0.1) is 12.7 Å². The molecule has 0 aromatic heterocycles. The first-order valence-electron chi connectivity index (χ1n) is 7.25. The summed E-state index contributed by atoms with van der Waals surface area (Å²) >= 11 is 0. The van der Waals surface area contributed by atoms with Crippen LogP contribution in [0.25, 0.3) is 0 Å². The number of aliphatic hydroxyl groups excluding tert-OH is 4. The summed E-state index contributed by atoms with van der Waals surface area (Å²) in [5, 5.41) is 38.4. The number of carbonyl (C=O) groups excluding carboxylic acids is 1. The second-order valence-corrected chi connectivity index (χ2v) is 5.58. The standard InChI is InChI=1S/C14H22O8/c1-7(5-8-3-2-4-10(16)21-8)20-14-13(19)12(18)11(17)9(6-15)22-14/h2,4,7-9,11-15,17-19H,3,5-6H2,1H3/t7-,8+,9+,11+,12-,13+,14+/m0/s1. The third-order valence-electron chi connectivity index (χ3n) is 3.75. The fourth-order valence-electron chi connectivity index (χ4n) is 2.55. The molecule has 0 saturated carbocycles. The highest BCUT2D eigenvalue weighted by molar-refractivity contribution is 5.82. The lowest BCUT2D eigenvalue weighted by molar-refractivity contribution is -0.311. The van der Waals surface area contributed by atoms with Gasteiger partial charge in [-0.1, -0.05) is 6.08 Å². The Labute approximate surface area is 127 Å². The maximum absolute atomic E-state index is 11.2. The summed E-state index contributed by atoms with van der Waals surface area (Å²) in [5.41, 5.74) is 0. The monoisotopic (exact) mass is 318 g/mol. The van der Waals surface area contributed by atoms with Crippen LogP contribution < -0.4 is 0 Å². The summed E-state index contributed by atoms with van der Waals surface area (Å²) in [5.74, 6) is -0.406. The van der Waals surface area contributed by atoms with Gasteiger partial charge >= 0.3 is 5.97 Å². The number of aliphatic hydroxyl groups is 4. The van der Waals surface area contributed by atoms with Crippen molar-refractivity contribution in [3.05, 3.63) is 12.2 Å². The number of esters is 1. The Kier molecular flexibility index (Phi) is 5.90. The predicted octanol–water partition coefficient (Wildman–Crippen LogP) is -1.55. The van der Waals surface area contributed by atoms with E-state index in [1.165, 1.54) is 6.08 Å². The minimum Gasteiger partial charge on any atom is -0.459 e. The van der Waals surface area contributed by atoms with Gasteiger partial charge in [-0.05, 0) is 6.92 Å². The number of rotatable bonds is 5. The molecular formula is C14H22O8. The topological polar surface area (TPSA) is 126 Å². The molecule has 0 aliphatic carbocycles. The van der Waals surface area contributed by atoms with Crippen molar-refractivity contribution in [1.29, 1.82) is 0 Å². The lowest BCUT2D eigenvalue weighted by Gasteiger charge is -2.40. The molecule has 7 atom stereocenters. The van der Waals surface area contributed by atoms with Gasteiger partial charge in [0, 0.05) is 18.9 Å². The Hall–Kier alpha value is -1.03. The van der Waals surface area contributed by atoms with Gasteiger partial charge in [0.25, 0.3) is 0 Å². The molecule has 2 rings (SSSR count). The third-order valence-corrected chi connectivity index (χ3v) is 3.75. The molecule has 1 saturated heterocycles. The molecule has 8 nitrogen and oxygen atoms in total. The molecule has 126 valence electrons. The van der Waals surface area contributed by atoms with Gasteiger partial charge in [-0.25, -0.2) is 4.79 Å². The van der Waals surface area contributed by atoms with Crippen LogP contribution >= 0.6 is 0 Å². The zero-order valence-corrected chi connectivity index (χ0v) is 12.2. The van der Waals surface area contributed by atoms with Gasteiger partial charge in [0.1, 0.15) is 30.5 Å². The summed E-state index contributed by atoms with van der Waals surface area (Å²) < 4.78 is 15.9. The van der Waals surface area contributed by atoms with Crippen molar-refractivity contribution in [2.45, 2.75) is 62.7 Å². The SMILES string of the molecule is C[C@@H](C[C@H]1CC=CC(=O)O1)O[C@@H]1O[C@H](CO)[C@@H](O)[C@H](O)[C@H]1O. The number of hydrogen-bond donors (Lipinski definition) is 4. The lowest BCUT2D eigenvalue weighted by Crippen LogP contribution is -2.59. The first-order valence-corrected chi connectivity index (χ1v) is 7.25. The lowest BCUT2D eigenvalue weighted by atomic mass is 9.99. The van der Waals surface area contributed by atoms with Gasteiger partial charge in [0.15, 0.2) is 6.29 Å². The molecule has 0 spiro atoms. The van der Waals surface area contributed by atoms with Crippen molar-refractivity contribution < 1.29 is 39.4 Å². The molecule has 0 aromatic rings. The summed E-state index contributed by atoms with van der Waals surface area (Å²) in [6, 6.07) is 0. The smallest absolute Gasteiger partial charge is 0.330 e. The van der Waals surface area contributed by atoms with Crippen molar-refractivity contribution in [1.82, 2.24) is 0 Å². The van der Waals surface area contributed by atoms with Crippen LogP contribution in [0.4, 0.5) is 0 Å². The quantitative estimate of drug-likeness (QED) is 0.449. The number of cyclic esters (lactones) is 1. The van der Waals surface area contributed by atoms with Gasteiger partial charge in [-0.3, -0.25) is 0 Å². The third kappa shape index (κ3) is 4.03.